The minimum Gasteiger partial charge on any atom is -0.497 e. The molecule has 0 fully saturated rings. The number of anilines is 2. The number of nitrogens with zero attached hydrogens (tertiary/aromatic N) is 1. The highest BCUT2D eigenvalue weighted by Crippen LogP contribution is 2.32. The van der Waals surface area contributed by atoms with Gasteiger partial charge in [-0.3, -0.25) is 0 Å². The molecule has 0 bridgehead atoms. The summed E-state index contributed by atoms with van der Waals surface area (Å²) in [7, 11) is 1.54. The lowest BCUT2D eigenvalue weighted by molar-refractivity contribution is 0.410. The summed E-state index contributed by atoms with van der Waals surface area (Å²) in [6.07, 6.45) is 2.03. The summed E-state index contributed by atoms with van der Waals surface area (Å²) in [5.41, 5.74) is 9.85. The largest absolute Gasteiger partial charge is 0.497 e. The Kier molecular flexibility index (Phi) is 3.69. The summed E-state index contributed by atoms with van der Waals surface area (Å²) in [4.78, 5) is 2.19. The Morgan fingerprint density at radius 2 is 2.14 bits per heavy atom. The molecule has 3 rings (SSSR count). The molecule has 110 valence electrons. The number of methoxy groups -OCH3 is 1. The first-order valence-corrected chi connectivity index (χ1v) is 7.14. The molecule has 0 radical (unpaired) electrons. The molecule has 0 aliphatic carbocycles. The zero-order valence-electron chi connectivity index (χ0n) is 12.1. The summed E-state index contributed by atoms with van der Waals surface area (Å²) in [6, 6.07) is 11.0. The first kappa shape index (κ1) is 13.7. The topological polar surface area (TPSA) is 38.5 Å². The number of ether oxygens (including phenoxy) is 1. The molecule has 0 saturated carbocycles. The highest BCUT2D eigenvalue weighted by Gasteiger charge is 2.19. The van der Waals surface area contributed by atoms with Crippen molar-refractivity contribution < 1.29 is 9.13 Å². The molecule has 1 heterocycles. The monoisotopic (exact) mass is 286 g/mol. The van der Waals surface area contributed by atoms with E-state index in [2.05, 4.69) is 11.0 Å². The summed E-state index contributed by atoms with van der Waals surface area (Å²) < 4.78 is 19.2. The molecule has 0 unspecified atom stereocenters. The average molecular weight is 286 g/mol. The Morgan fingerprint density at radius 1 is 1.29 bits per heavy atom. The van der Waals surface area contributed by atoms with Gasteiger partial charge in [0.05, 0.1) is 7.11 Å². The molecule has 21 heavy (non-hydrogen) atoms. The fourth-order valence-electron chi connectivity index (χ4n) is 2.88. The minimum absolute atomic E-state index is 0.231. The summed E-state index contributed by atoms with van der Waals surface area (Å²) >= 11 is 0. The lowest BCUT2D eigenvalue weighted by Crippen LogP contribution is -2.29. The lowest BCUT2D eigenvalue weighted by Gasteiger charge is -2.32. The second kappa shape index (κ2) is 5.64. The quantitative estimate of drug-likeness (QED) is 0.879. The van der Waals surface area contributed by atoms with Crippen molar-refractivity contribution in [2.24, 2.45) is 0 Å². The molecule has 0 aromatic heterocycles. The van der Waals surface area contributed by atoms with E-state index in [-0.39, 0.29) is 5.82 Å². The fourth-order valence-corrected chi connectivity index (χ4v) is 2.88. The van der Waals surface area contributed by atoms with E-state index in [0.29, 0.717) is 17.9 Å². The standard InChI is InChI=1S/C17H19FN2O/c1-21-13-8-7-12(15(18)10-13)11-20-9-3-4-14-16(19)5-2-6-17(14)20/h2,5-8,10H,3-4,9,11,19H2,1H3. The molecule has 0 amide bonds. The van der Waals surface area contributed by atoms with Crippen LogP contribution in [0.25, 0.3) is 0 Å². The van der Waals surface area contributed by atoms with Gasteiger partial charge in [-0.2, -0.15) is 0 Å². The van der Waals surface area contributed by atoms with E-state index < -0.39 is 0 Å². The van der Waals surface area contributed by atoms with Gasteiger partial charge in [0.15, 0.2) is 0 Å². The van der Waals surface area contributed by atoms with Crippen molar-refractivity contribution in [1.29, 1.82) is 0 Å². The van der Waals surface area contributed by atoms with E-state index >= 15 is 0 Å². The Balaban J connectivity index is 1.89. The molecule has 3 nitrogen and oxygen atoms in total. The van der Waals surface area contributed by atoms with E-state index in [0.717, 1.165) is 30.8 Å². The Labute approximate surface area is 124 Å². The first-order valence-electron chi connectivity index (χ1n) is 7.14. The van der Waals surface area contributed by atoms with Gasteiger partial charge in [0.2, 0.25) is 0 Å². The number of nitrogen functional groups attached to an aromatic ring is 1. The Hall–Kier alpha value is -2.23. The second-order valence-corrected chi connectivity index (χ2v) is 5.33. The van der Waals surface area contributed by atoms with E-state index in [4.69, 9.17) is 10.5 Å². The van der Waals surface area contributed by atoms with E-state index in [1.54, 1.807) is 12.1 Å². The fraction of sp³-hybridized carbons (Fsp3) is 0.294. The Bertz CT molecular complexity index is 657. The predicted octanol–water partition coefficient (Wildman–Crippen LogP) is 3.37. The van der Waals surface area contributed by atoms with Gasteiger partial charge in [-0.1, -0.05) is 12.1 Å². The maximum absolute atomic E-state index is 14.1. The molecular formula is C17H19FN2O. The molecule has 2 aromatic carbocycles. The van der Waals surface area contributed by atoms with Gasteiger partial charge in [-0.15, -0.1) is 0 Å². The normalized spacial score (nSPS) is 13.9. The number of hydrogen-bond acceptors (Lipinski definition) is 3. The van der Waals surface area contributed by atoms with Crippen LogP contribution in [-0.2, 0) is 13.0 Å². The predicted molar refractivity (Wildman–Crippen MR) is 83.2 cm³/mol. The third kappa shape index (κ3) is 2.66. The van der Waals surface area contributed by atoms with Crippen LogP contribution in [0.5, 0.6) is 5.75 Å². The van der Waals surface area contributed by atoms with Crippen LogP contribution in [0.2, 0.25) is 0 Å². The number of fused-ring (bicyclic) bond motifs is 1. The minimum atomic E-state index is -0.231. The lowest BCUT2D eigenvalue weighted by atomic mass is 9.99. The first-order chi connectivity index (χ1) is 10.2. The molecule has 1 aliphatic heterocycles. The SMILES string of the molecule is COc1ccc(CN2CCCc3c(N)cccc32)c(F)c1. The van der Waals surface area contributed by atoms with Crippen molar-refractivity contribution in [3.8, 4) is 5.75 Å². The van der Waals surface area contributed by atoms with Crippen molar-refractivity contribution in [3.63, 3.8) is 0 Å². The Morgan fingerprint density at radius 3 is 2.90 bits per heavy atom. The van der Waals surface area contributed by atoms with Gasteiger partial charge < -0.3 is 15.4 Å². The maximum Gasteiger partial charge on any atom is 0.131 e. The van der Waals surface area contributed by atoms with Crippen LogP contribution < -0.4 is 15.4 Å². The molecule has 4 heteroatoms. The average Bonchev–Trinajstić information content (AvgIpc) is 2.50. The summed E-state index contributed by atoms with van der Waals surface area (Å²) in [5, 5.41) is 0. The van der Waals surface area contributed by atoms with Crippen LogP contribution >= 0.6 is 0 Å². The van der Waals surface area contributed by atoms with Crippen molar-refractivity contribution >= 4 is 11.4 Å². The van der Waals surface area contributed by atoms with Crippen LogP contribution in [-0.4, -0.2) is 13.7 Å². The summed E-state index contributed by atoms with van der Waals surface area (Å²) in [5.74, 6) is 0.310. The molecule has 1 aliphatic rings. The van der Waals surface area contributed by atoms with Gasteiger partial charge in [0.25, 0.3) is 0 Å². The highest BCUT2D eigenvalue weighted by atomic mass is 19.1. The number of halogens is 1. The molecule has 2 N–H and O–H groups in total. The molecule has 2 aromatic rings. The number of hydrogen-bond donors (Lipinski definition) is 1. The number of rotatable bonds is 3. The third-order valence-electron chi connectivity index (χ3n) is 4.00. The van der Waals surface area contributed by atoms with Gasteiger partial charge in [-0.25, -0.2) is 4.39 Å². The molecule has 0 spiro atoms. The van der Waals surface area contributed by atoms with E-state index in [1.165, 1.54) is 18.7 Å². The van der Waals surface area contributed by atoms with Crippen LogP contribution in [0.4, 0.5) is 15.8 Å². The van der Waals surface area contributed by atoms with Crippen LogP contribution in [0, 0.1) is 5.82 Å². The van der Waals surface area contributed by atoms with Gasteiger partial charge >= 0.3 is 0 Å². The van der Waals surface area contributed by atoms with E-state index in [1.807, 2.05) is 12.1 Å². The maximum atomic E-state index is 14.1. The van der Waals surface area contributed by atoms with E-state index in [9.17, 15) is 4.39 Å². The van der Waals surface area contributed by atoms with Gasteiger partial charge in [0, 0.05) is 36.1 Å². The highest BCUT2D eigenvalue weighted by molar-refractivity contribution is 5.66. The molecule has 0 saturated heterocycles. The smallest absolute Gasteiger partial charge is 0.131 e. The van der Waals surface area contributed by atoms with Crippen molar-refractivity contribution in [2.75, 3.05) is 24.3 Å². The zero-order valence-corrected chi connectivity index (χ0v) is 12.1. The third-order valence-corrected chi connectivity index (χ3v) is 4.00. The molecule has 0 atom stereocenters. The van der Waals surface area contributed by atoms with Crippen molar-refractivity contribution in [2.45, 2.75) is 19.4 Å². The second-order valence-electron chi connectivity index (χ2n) is 5.33. The van der Waals surface area contributed by atoms with Crippen molar-refractivity contribution in [3.05, 3.63) is 53.3 Å². The van der Waals surface area contributed by atoms with Gasteiger partial charge in [0.1, 0.15) is 11.6 Å². The summed E-state index contributed by atoms with van der Waals surface area (Å²) in [6.45, 7) is 1.47. The van der Waals surface area contributed by atoms with Crippen molar-refractivity contribution in [1.82, 2.24) is 0 Å². The van der Waals surface area contributed by atoms with Crippen LogP contribution in [0.15, 0.2) is 36.4 Å². The zero-order chi connectivity index (χ0) is 14.8. The van der Waals surface area contributed by atoms with Crippen LogP contribution in [0.1, 0.15) is 17.5 Å². The van der Waals surface area contributed by atoms with Gasteiger partial charge in [-0.05, 0) is 36.6 Å². The number of nitrogens with two attached hydrogens (primary N) is 1. The molecular weight excluding hydrogens is 267 g/mol. The number of benzene rings is 2. The van der Waals surface area contributed by atoms with Crippen LogP contribution in [0.3, 0.4) is 0 Å².